The highest BCUT2D eigenvalue weighted by molar-refractivity contribution is 5.85. The van der Waals surface area contributed by atoms with E-state index in [-0.39, 0.29) is 0 Å². The molecule has 14 heavy (non-hydrogen) atoms. The van der Waals surface area contributed by atoms with Gasteiger partial charge in [-0.3, -0.25) is 0 Å². The largest absolute Gasteiger partial charge is 0.477 e. The van der Waals surface area contributed by atoms with E-state index in [1.165, 1.54) is 0 Å². The molecule has 0 spiro atoms. The topological polar surface area (TPSA) is 42.2 Å². The van der Waals surface area contributed by atoms with Crippen LogP contribution in [-0.2, 0) is 0 Å². The van der Waals surface area contributed by atoms with Gasteiger partial charge in [0.15, 0.2) is 0 Å². The molecule has 3 heteroatoms. The summed E-state index contributed by atoms with van der Waals surface area (Å²) in [5.41, 5.74) is 0.718. The SMILES string of the molecule is CCC1(C)CC1n1cccc1C(=O)O. The first-order valence-corrected chi connectivity index (χ1v) is 4.98. The van der Waals surface area contributed by atoms with Crippen molar-refractivity contribution >= 4 is 5.97 Å². The summed E-state index contributed by atoms with van der Waals surface area (Å²) >= 11 is 0. The Labute approximate surface area is 83.4 Å². The van der Waals surface area contributed by atoms with Crippen LogP contribution in [0.3, 0.4) is 0 Å². The first kappa shape index (κ1) is 9.31. The minimum Gasteiger partial charge on any atom is -0.477 e. The molecule has 0 radical (unpaired) electrons. The summed E-state index contributed by atoms with van der Waals surface area (Å²) in [5.74, 6) is -0.833. The number of aromatic carboxylic acids is 1. The van der Waals surface area contributed by atoms with E-state index < -0.39 is 5.97 Å². The summed E-state index contributed by atoms with van der Waals surface area (Å²) in [6.07, 6.45) is 4.07. The lowest BCUT2D eigenvalue weighted by Gasteiger charge is -2.10. The smallest absolute Gasteiger partial charge is 0.352 e. The van der Waals surface area contributed by atoms with Crippen molar-refractivity contribution < 1.29 is 9.90 Å². The molecule has 2 rings (SSSR count). The van der Waals surface area contributed by atoms with Gasteiger partial charge in [-0.05, 0) is 30.4 Å². The maximum Gasteiger partial charge on any atom is 0.352 e. The number of rotatable bonds is 3. The Bertz CT molecular complexity index is 369. The Hall–Kier alpha value is -1.25. The van der Waals surface area contributed by atoms with Crippen LogP contribution in [0.2, 0.25) is 0 Å². The van der Waals surface area contributed by atoms with E-state index >= 15 is 0 Å². The Kier molecular flexibility index (Phi) is 1.91. The molecule has 1 heterocycles. The third-order valence-electron chi connectivity index (χ3n) is 3.45. The second-order valence-electron chi connectivity index (χ2n) is 4.33. The van der Waals surface area contributed by atoms with Crippen LogP contribution in [0.4, 0.5) is 0 Å². The van der Waals surface area contributed by atoms with Crippen molar-refractivity contribution in [1.29, 1.82) is 0 Å². The fourth-order valence-corrected chi connectivity index (χ4v) is 2.04. The number of nitrogens with zero attached hydrogens (tertiary/aromatic N) is 1. The predicted molar refractivity (Wildman–Crippen MR) is 53.4 cm³/mol. The van der Waals surface area contributed by atoms with Gasteiger partial charge in [0.25, 0.3) is 0 Å². The Morgan fingerprint density at radius 1 is 1.79 bits per heavy atom. The van der Waals surface area contributed by atoms with Crippen molar-refractivity contribution in [3.05, 3.63) is 24.0 Å². The van der Waals surface area contributed by atoms with E-state index in [0.29, 0.717) is 17.2 Å². The van der Waals surface area contributed by atoms with Crippen LogP contribution in [0.5, 0.6) is 0 Å². The minimum absolute atomic E-state index is 0.309. The molecule has 0 bridgehead atoms. The molecule has 1 aliphatic carbocycles. The van der Waals surface area contributed by atoms with Crippen LogP contribution in [0.1, 0.15) is 43.2 Å². The van der Waals surface area contributed by atoms with Crippen molar-refractivity contribution in [3.63, 3.8) is 0 Å². The summed E-state index contributed by atoms with van der Waals surface area (Å²) in [5, 5.41) is 8.95. The van der Waals surface area contributed by atoms with Gasteiger partial charge in [-0.15, -0.1) is 0 Å². The maximum absolute atomic E-state index is 10.9. The summed E-state index contributed by atoms with van der Waals surface area (Å²) in [6.45, 7) is 4.37. The van der Waals surface area contributed by atoms with E-state index in [0.717, 1.165) is 12.8 Å². The quantitative estimate of drug-likeness (QED) is 0.801. The summed E-state index contributed by atoms with van der Waals surface area (Å²) in [7, 11) is 0. The third-order valence-corrected chi connectivity index (χ3v) is 3.45. The van der Waals surface area contributed by atoms with Crippen LogP contribution in [-0.4, -0.2) is 15.6 Å². The number of carbonyl (C=O) groups is 1. The van der Waals surface area contributed by atoms with Gasteiger partial charge in [0.1, 0.15) is 5.69 Å². The molecule has 0 aliphatic heterocycles. The van der Waals surface area contributed by atoms with Gasteiger partial charge in [-0.2, -0.15) is 0 Å². The fraction of sp³-hybridized carbons (Fsp3) is 0.545. The second-order valence-corrected chi connectivity index (χ2v) is 4.33. The fourth-order valence-electron chi connectivity index (χ4n) is 2.04. The van der Waals surface area contributed by atoms with E-state index in [1.807, 2.05) is 10.8 Å². The zero-order valence-electron chi connectivity index (χ0n) is 8.53. The van der Waals surface area contributed by atoms with Gasteiger partial charge in [0.2, 0.25) is 0 Å². The summed E-state index contributed by atoms with van der Waals surface area (Å²) < 4.78 is 1.89. The lowest BCUT2D eigenvalue weighted by atomic mass is 10.1. The number of carboxylic acid groups (broad SMARTS) is 1. The first-order valence-electron chi connectivity index (χ1n) is 4.98. The monoisotopic (exact) mass is 193 g/mol. The Balaban J connectivity index is 2.27. The summed E-state index contributed by atoms with van der Waals surface area (Å²) in [6, 6.07) is 3.85. The van der Waals surface area contributed by atoms with Gasteiger partial charge < -0.3 is 9.67 Å². The van der Waals surface area contributed by atoms with Gasteiger partial charge in [-0.25, -0.2) is 4.79 Å². The first-order chi connectivity index (χ1) is 6.58. The van der Waals surface area contributed by atoms with Crippen molar-refractivity contribution in [2.45, 2.75) is 32.7 Å². The molecule has 3 nitrogen and oxygen atoms in total. The Morgan fingerprint density at radius 3 is 3.00 bits per heavy atom. The molecule has 0 aromatic carbocycles. The predicted octanol–water partition coefficient (Wildman–Crippen LogP) is 2.55. The number of aromatic nitrogens is 1. The third kappa shape index (κ3) is 1.24. The molecule has 1 aromatic rings. The van der Waals surface area contributed by atoms with Crippen molar-refractivity contribution in [3.8, 4) is 0 Å². The number of hydrogen-bond donors (Lipinski definition) is 1. The van der Waals surface area contributed by atoms with Crippen LogP contribution in [0.25, 0.3) is 0 Å². The van der Waals surface area contributed by atoms with Crippen LogP contribution in [0, 0.1) is 5.41 Å². The molecule has 1 fully saturated rings. The van der Waals surface area contributed by atoms with E-state index in [2.05, 4.69) is 13.8 Å². The highest BCUT2D eigenvalue weighted by Crippen LogP contribution is 2.58. The highest BCUT2D eigenvalue weighted by Gasteiger charge is 2.50. The molecular weight excluding hydrogens is 178 g/mol. The molecule has 2 atom stereocenters. The maximum atomic E-state index is 10.9. The van der Waals surface area contributed by atoms with Crippen LogP contribution in [0.15, 0.2) is 18.3 Å². The Morgan fingerprint density at radius 2 is 2.50 bits per heavy atom. The molecule has 0 amide bonds. The zero-order valence-corrected chi connectivity index (χ0v) is 8.53. The normalized spacial score (nSPS) is 30.3. The van der Waals surface area contributed by atoms with Crippen molar-refractivity contribution in [2.75, 3.05) is 0 Å². The average Bonchev–Trinajstić information content (AvgIpc) is 2.65. The van der Waals surface area contributed by atoms with Gasteiger partial charge >= 0.3 is 5.97 Å². The lowest BCUT2D eigenvalue weighted by Crippen LogP contribution is -2.09. The van der Waals surface area contributed by atoms with E-state index in [4.69, 9.17) is 5.11 Å². The number of hydrogen-bond acceptors (Lipinski definition) is 1. The highest BCUT2D eigenvalue weighted by atomic mass is 16.4. The molecule has 1 saturated carbocycles. The molecule has 76 valence electrons. The molecule has 0 saturated heterocycles. The molecule has 1 N–H and O–H groups in total. The van der Waals surface area contributed by atoms with Gasteiger partial charge in [-0.1, -0.05) is 13.8 Å². The van der Waals surface area contributed by atoms with Crippen molar-refractivity contribution in [1.82, 2.24) is 4.57 Å². The zero-order chi connectivity index (χ0) is 10.3. The van der Waals surface area contributed by atoms with Crippen LogP contribution < -0.4 is 0 Å². The number of carboxylic acids is 1. The molecule has 1 aliphatic rings. The van der Waals surface area contributed by atoms with Gasteiger partial charge in [0, 0.05) is 12.2 Å². The van der Waals surface area contributed by atoms with E-state index in [9.17, 15) is 4.79 Å². The standard InChI is InChI=1S/C11H15NO2/c1-3-11(2)7-9(11)12-6-4-5-8(12)10(13)14/h4-6,9H,3,7H2,1-2H3,(H,13,14). The molecular formula is C11H15NO2. The lowest BCUT2D eigenvalue weighted by molar-refractivity contribution is 0.0684. The van der Waals surface area contributed by atoms with Gasteiger partial charge in [0.05, 0.1) is 0 Å². The summed E-state index contributed by atoms with van der Waals surface area (Å²) in [4.78, 5) is 10.9. The second kappa shape index (κ2) is 2.87. The van der Waals surface area contributed by atoms with Crippen molar-refractivity contribution in [2.24, 2.45) is 5.41 Å². The van der Waals surface area contributed by atoms with E-state index in [1.54, 1.807) is 12.1 Å². The average molecular weight is 193 g/mol. The minimum atomic E-state index is -0.833. The molecule has 1 aromatic heterocycles. The van der Waals surface area contributed by atoms with Crippen LogP contribution >= 0.6 is 0 Å². The molecule has 2 unspecified atom stereocenters.